The predicted octanol–water partition coefficient (Wildman–Crippen LogP) is 3.90. The largest absolute Gasteiger partial charge is 0.344 e. The van der Waals surface area contributed by atoms with Crippen LogP contribution in [0.15, 0.2) is 46.8 Å². The van der Waals surface area contributed by atoms with Crippen LogP contribution < -0.4 is 10.9 Å². The molecular weight excluding hydrogens is 398 g/mol. The van der Waals surface area contributed by atoms with Gasteiger partial charge in [0.05, 0.1) is 28.8 Å². The first-order valence-electron chi connectivity index (χ1n) is 10.1. The number of hydrogen-bond acceptors (Lipinski definition) is 5. The highest BCUT2D eigenvalue weighted by Crippen LogP contribution is 2.28. The number of carbonyl (C=O) groups is 1. The maximum Gasteiger partial charge on any atom is 0.262 e. The Balaban J connectivity index is 1.65. The maximum atomic E-state index is 12.9. The summed E-state index contributed by atoms with van der Waals surface area (Å²) in [4.78, 5) is 35.3. The Bertz CT molecular complexity index is 1270. The van der Waals surface area contributed by atoms with Gasteiger partial charge in [-0.05, 0) is 43.3 Å². The third kappa shape index (κ3) is 3.63. The van der Waals surface area contributed by atoms with E-state index in [4.69, 9.17) is 4.98 Å². The average Bonchev–Trinajstić information content (AvgIpc) is 3.32. The van der Waals surface area contributed by atoms with Crippen molar-refractivity contribution in [1.82, 2.24) is 24.4 Å². The van der Waals surface area contributed by atoms with Gasteiger partial charge in [0.25, 0.3) is 5.56 Å². The highest BCUT2D eigenvalue weighted by molar-refractivity contribution is 7.16. The molecule has 1 atom stereocenters. The van der Waals surface area contributed by atoms with Crippen molar-refractivity contribution in [3.63, 3.8) is 0 Å². The van der Waals surface area contributed by atoms with Crippen LogP contribution in [0.1, 0.15) is 45.6 Å². The quantitative estimate of drug-likeness (QED) is 0.510. The fourth-order valence-electron chi connectivity index (χ4n) is 3.73. The second-order valence-corrected chi connectivity index (χ2v) is 8.92. The van der Waals surface area contributed by atoms with Gasteiger partial charge >= 0.3 is 0 Å². The van der Waals surface area contributed by atoms with Crippen LogP contribution in [0, 0.1) is 5.92 Å². The molecule has 4 aromatic rings. The fraction of sp³-hybridized carbons (Fsp3) is 0.364. The van der Waals surface area contributed by atoms with Crippen molar-refractivity contribution in [2.45, 2.75) is 46.3 Å². The maximum absolute atomic E-state index is 12.9. The van der Waals surface area contributed by atoms with E-state index in [-0.39, 0.29) is 36.0 Å². The number of imidazole rings is 1. The van der Waals surface area contributed by atoms with Gasteiger partial charge in [0.2, 0.25) is 5.91 Å². The van der Waals surface area contributed by atoms with Crippen molar-refractivity contribution in [2.24, 2.45) is 5.92 Å². The summed E-state index contributed by atoms with van der Waals surface area (Å²) in [6, 6.07) is 9.65. The monoisotopic (exact) mass is 423 g/mol. The number of rotatable bonds is 6. The molecule has 0 aliphatic heterocycles. The molecule has 3 aromatic heterocycles. The minimum atomic E-state index is -0.277. The molecule has 0 unspecified atom stereocenters. The molecule has 0 aliphatic rings. The molecule has 0 bridgehead atoms. The van der Waals surface area contributed by atoms with Gasteiger partial charge in [-0.15, -0.1) is 11.3 Å². The number of para-hydroxylation sites is 2. The smallest absolute Gasteiger partial charge is 0.262 e. The van der Waals surface area contributed by atoms with Crippen LogP contribution in [-0.2, 0) is 11.3 Å². The van der Waals surface area contributed by atoms with E-state index in [2.05, 4.69) is 42.6 Å². The van der Waals surface area contributed by atoms with E-state index in [1.807, 2.05) is 29.6 Å². The summed E-state index contributed by atoms with van der Waals surface area (Å²) in [5, 5.41) is 5.47. The minimum Gasteiger partial charge on any atom is -0.344 e. The molecule has 0 spiro atoms. The van der Waals surface area contributed by atoms with E-state index in [1.54, 1.807) is 6.07 Å². The molecule has 0 radical (unpaired) electrons. The van der Waals surface area contributed by atoms with Gasteiger partial charge < -0.3 is 9.88 Å². The number of nitrogens with one attached hydrogen (secondary N) is 1. The van der Waals surface area contributed by atoms with Crippen LogP contribution in [0.4, 0.5) is 0 Å². The number of nitrogens with zero attached hydrogens (tertiary/aromatic N) is 4. The molecule has 0 fully saturated rings. The molecule has 7 nitrogen and oxygen atoms in total. The van der Waals surface area contributed by atoms with Gasteiger partial charge in [-0.2, -0.15) is 0 Å². The van der Waals surface area contributed by atoms with E-state index < -0.39 is 0 Å². The van der Waals surface area contributed by atoms with Crippen molar-refractivity contribution in [2.75, 3.05) is 0 Å². The Hall–Kier alpha value is -3.00. The third-order valence-corrected chi connectivity index (χ3v) is 5.99. The third-order valence-electron chi connectivity index (χ3n) is 5.17. The van der Waals surface area contributed by atoms with Crippen LogP contribution >= 0.6 is 11.3 Å². The van der Waals surface area contributed by atoms with Crippen LogP contribution in [0.2, 0.25) is 0 Å². The summed E-state index contributed by atoms with van der Waals surface area (Å²) in [7, 11) is 0. The zero-order chi connectivity index (χ0) is 21.4. The Morgan fingerprint density at radius 1 is 1.17 bits per heavy atom. The average molecular weight is 424 g/mol. The number of fused-ring (bicyclic) bond motifs is 2. The lowest BCUT2D eigenvalue weighted by molar-refractivity contribution is -0.122. The molecule has 8 heteroatoms. The van der Waals surface area contributed by atoms with Crippen LogP contribution in [0.5, 0.6) is 0 Å². The van der Waals surface area contributed by atoms with Gasteiger partial charge in [-0.3, -0.25) is 14.2 Å². The minimum absolute atomic E-state index is 0.0806. The van der Waals surface area contributed by atoms with E-state index in [0.29, 0.717) is 10.2 Å². The zero-order valence-corrected chi connectivity index (χ0v) is 18.3. The lowest BCUT2D eigenvalue weighted by Crippen LogP contribution is -2.38. The predicted molar refractivity (Wildman–Crippen MR) is 120 cm³/mol. The molecule has 156 valence electrons. The second-order valence-electron chi connectivity index (χ2n) is 8.03. The van der Waals surface area contributed by atoms with Crippen molar-refractivity contribution < 1.29 is 4.79 Å². The van der Waals surface area contributed by atoms with Gasteiger partial charge in [0, 0.05) is 6.04 Å². The van der Waals surface area contributed by atoms with Gasteiger partial charge in [-0.25, -0.2) is 9.97 Å². The van der Waals surface area contributed by atoms with Crippen molar-refractivity contribution in [3.05, 3.63) is 58.2 Å². The first-order chi connectivity index (χ1) is 14.4. The molecule has 1 aromatic carbocycles. The van der Waals surface area contributed by atoms with Crippen molar-refractivity contribution in [3.8, 4) is 0 Å². The molecule has 0 saturated carbocycles. The fourth-order valence-corrected chi connectivity index (χ4v) is 4.46. The SMILES string of the molecule is CC(C)[C@@H](NC(=O)Cn1cnc2sccc2c1=O)c1nc2ccccc2n1C(C)C. The summed E-state index contributed by atoms with van der Waals surface area (Å²) < 4.78 is 3.53. The molecule has 1 amide bonds. The summed E-state index contributed by atoms with van der Waals surface area (Å²) >= 11 is 1.41. The molecule has 3 heterocycles. The standard InChI is InChI=1S/C22H25N5O2S/c1-13(2)19(20-24-16-7-5-6-8-17(16)27(20)14(3)4)25-18(28)11-26-12-23-21-15(22(26)29)9-10-30-21/h5-10,12-14,19H,11H2,1-4H3,(H,25,28)/t19-/m1/s1. The molecular formula is C22H25N5O2S. The highest BCUT2D eigenvalue weighted by Gasteiger charge is 2.26. The molecule has 30 heavy (non-hydrogen) atoms. The number of carbonyl (C=O) groups excluding carboxylic acids is 1. The van der Waals surface area contributed by atoms with Crippen LogP contribution in [-0.4, -0.2) is 25.0 Å². The summed E-state index contributed by atoms with van der Waals surface area (Å²) in [5.41, 5.74) is 1.75. The Kier molecular flexibility index (Phi) is 5.42. The van der Waals surface area contributed by atoms with Crippen molar-refractivity contribution >= 4 is 38.5 Å². The van der Waals surface area contributed by atoms with E-state index in [0.717, 1.165) is 16.9 Å². The number of benzene rings is 1. The lowest BCUT2D eigenvalue weighted by Gasteiger charge is -2.25. The summed E-state index contributed by atoms with van der Waals surface area (Å²) in [6.45, 7) is 8.25. The second kappa shape index (κ2) is 8.02. The van der Waals surface area contributed by atoms with E-state index >= 15 is 0 Å². The van der Waals surface area contributed by atoms with Crippen LogP contribution in [0.3, 0.4) is 0 Å². The highest BCUT2D eigenvalue weighted by atomic mass is 32.1. The number of thiophene rings is 1. The molecule has 4 rings (SSSR count). The van der Waals surface area contributed by atoms with Gasteiger partial charge in [0.1, 0.15) is 17.2 Å². The van der Waals surface area contributed by atoms with E-state index in [1.165, 1.54) is 22.2 Å². The Morgan fingerprint density at radius 3 is 2.67 bits per heavy atom. The van der Waals surface area contributed by atoms with Gasteiger partial charge in [-0.1, -0.05) is 26.0 Å². The first-order valence-corrected chi connectivity index (χ1v) is 10.9. The summed E-state index contributed by atoms with van der Waals surface area (Å²) in [6.07, 6.45) is 1.44. The number of amides is 1. The molecule has 0 aliphatic carbocycles. The molecule has 1 N–H and O–H groups in total. The first kappa shape index (κ1) is 20.3. The Morgan fingerprint density at radius 2 is 1.93 bits per heavy atom. The Labute approximate surface area is 178 Å². The van der Waals surface area contributed by atoms with Gasteiger partial charge in [0.15, 0.2) is 0 Å². The van der Waals surface area contributed by atoms with Crippen molar-refractivity contribution in [1.29, 1.82) is 0 Å². The topological polar surface area (TPSA) is 81.8 Å². The van der Waals surface area contributed by atoms with Crippen LogP contribution in [0.25, 0.3) is 21.3 Å². The lowest BCUT2D eigenvalue weighted by atomic mass is 10.0. The number of hydrogen-bond donors (Lipinski definition) is 1. The van der Waals surface area contributed by atoms with E-state index in [9.17, 15) is 9.59 Å². The normalized spacial score (nSPS) is 12.9. The summed E-state index contributed by atoms with van der Waals surface area (Å²) in [5.74, 6) is 0.709. The zero-order valence-electron chi connectivity index (χ0n) is 17.5. The molecule has 0 saturated heterocycles. The number of aromatic nitrogens is 4.